The summed E-state index contributed by atoms with van der Waals surface area (Å²) >= 11 is 0. The first kappa shape index (κ1) is 29.3. The number of likely N-dealkylation sites (N-methyl/N-ethyl adjacent to an activating group) is 1. The fourth-order valence-corrected chi connectivity index (χ4v) is 4.80. The number of piperazine rings is 1. The summed E-state index contributed by atoms with van der Waals surface area (Å²) < 4.78 is 46.6. The van der Waals surface area contributed by atoms with Gasteiger partial charge in [0.25, 0.3) is 5.91 Å². The summed E-state index contributed by atoms with van der Waals surface area (Å²) in [6.07, 6.45) is 4.14. The van der Waals surface area contributed by atoms with Crippen molar-refractivity contribution >= 4 is 33.0 Å². The number of unbranched alkanes of at least 4 members (excludes halogenated alkanes) is 1. The number of aromatic nitrogens is 2. The maximum Gasteiger partial charge on any atom is 0.301 e. The Morgan fingerprint density at radius 1 is 1.18 bits per heavy atom. The zero-order chi connectivity index (χ0) is 29.0. The molecule has 1 saturated heterocycles. The lowest BCUT2D eigenvalue weighted by molar-refractivity contribution is 0.0941. The zero-order valence-electron chi connectivity index (χ0n) is 23.2. The molecular weight excluding hydrogens is 539 g/mol. The monoisotopic (exact) mass is 574 g/mol. The lowest BCUT2D eigenvalue weighted by Crippen LogP contribution is -2.44. The molecule has 2 aromatic heterocycles. The summed E-state index contributed by atoms with van der Waals surface area (Å²) in [5.74, 6) is -1.29. The maximum absolute atomic E-state index is 13.9. The highest BCUT2D eigenvalue weighted by Crippen LogP contribution is 2.29. The van der Waals surface area contributed by atoms with Crippen LogP contribution in [0.1, 0.15) is 35.8 Å². The average molecular weight is 575 g/mol. The molecule has 0 spiro atoms. The van der Waals surface area contributed by atoms with Crippen molar-refractivity contribution in [3.63, 3.8) is 0 Å². The minimum absolute atomic E-state index is 0.00516. The van der Waals surface area contributed by atoms with E-state index < -0.39 is 27.3 Å². The highest BCUT2D eigenvalue weighted by atomic mass is 32.2. The van der Waals surface area contributed by atoms with E-state index in [0.29, 0.717) is 30.8 Å². The van der Waals surface area contributed by atoms with Gasteiger partial charge >= 0.3 is 5.56 Å². The van der Waals surface area contributed by atoms with Gasteiger partial charge in [-0.2, -0.15) is 0 Å². The van der Waals surface area contributed by atoms with Gasteiger partial charge in [-0.05, 0) is 37.2 Å². The number of sulfonamides is 1. The third-order valence-corrected chi connectivity index (χ3v) is 8.07. The van der Waals surface area contributed by atoms with Crippen molar-refractivity contribution in [3.8, 4) is 5.75 Å². The topological polar surface area (TPSA) is 117 Å². The molecule has 1 amide bonds. The van der Waals surface area contributed by atoms with Crippen molar-refractivity contribution in [1.29, 1.82) is 0 Å². The molecule has 0 unspecified atom stereocenters. The standard InChI is InChI=1S/C27H35FN6O5S/c1-5-6-15-39-24-23(26(35)29-17-19-7-9-20(28)10-8-19)30-25-22(32(3)40(4,37)38)16-21(18-34(25)27(24)36)33-13-11-31(2)12-14-33/h7-10,16,18H,5-6,11-15,17H2,1-4H3,(H,29,35). The van der Waals surface area contributed by atoms with Crippen LogP contribution in [0.15, 0.2) is 41.3 Å². The number of nitrogens with zero attached hydrogens (tertiary/aromatic N) is 5. The van der Waals surface area contributed by atoms with Crippen LogP contribution < -0.4 is 24.8 Å². The summed E-state index contributed by atoms with van der Waals surface area (Å²) in [6, 6.07) is 7.32. The van der Waals surface area contributed by atoms with Crippen molar-refractivity contribution in [2.75, 3.05) is 62.3 Å². The molecule has 40 heavy (non-hydrogen) atoms. The van der Waals surface area contributed by atoms with Gasteiger partial charge in [-0.1, -0.05) is 25.5 Å². The number of anilines is 2. The van der Waals surface area contributed by atoms with Crippen LogP contribution in [0.5, 0.6) is 5.75 Å². The van der Waals surface area contributed by atoms with Crippen LogP contribution in [0.25, 0.3) is 5.65 Å². The largest absolute Gasteiger partial charge is 0.486 e. The molecule has 0 atom stereocenters. The Balaban J connectivity index is 1.85. The molecule has 1 N–H and O–H groups in total. The van der Waals surface area contributed by atoms with Crippen LogP contribution >= 0.6 is 0 Å². The molecule has 0 saturated carbocycles. The molecule has 0 aliphatic carbocycles. The van der Waals surface area contributed by atoms with E-state index in [-0.39, 0.29) is 35.9 Å². The number of rotatable bonds is 10. The van der Waals surface area contributed by atoms with Crippen LogP contribution in [0.2, 0.25) is 0 Å². The van der Waals surface area contributed by atoms with Gasteiger partial charge in [0.1, 0.15) is 5.82 Å². The molecule has 4 rings (SSSR count). The number of fused-ring (bicyclic) bond motifs is 1. The summed E-state index contributed by atoms with van der Waals surface area (Å²) in [5, 5.41) is 2.71. The van der Waals surface area contributed by atoms with E-state index in [4.69, 9.17) is 4.74 Å². The van der Waals surface area contributed by atoms with Gasteiger partial charge in [-0.25, -0.2) is 17.8 Å². The Morgan fingerprint density at radius 2 is 1.85 bits per heavy atom. The van der Waals surface area contributed by atoms with E-state index in [1.807, 2.05) is 14.0 Å². The smallest absolute Gasteiger partial charge is 0.301 e. The Morgan fingerprint density at radius 3 is 2.48 bits per heavy atom. The number of ether oxygens (including phenoxy) is 1. The molecule has 1 fully saturated rings. The second kappa shape index (κ2) is 12.2. The number of carbonyl (C=O) groups excluding carboxylic acids is 1. The fraction of sp³-hybridized carbons (Fsp3) is 0.444. The predicted octanol–water partition coefficient (Wildman–Crippen LogP) is 2.09. The van der Waals surface area contributed by atoms with E-state index in [9.17, 15) is 22.4 Å². The first-order chi connectivity index (χ1) is 19.0. The summed E-state index contributed by atoms with van der Waals surface area (Å²) in [4.78, 5) is 36.0. The minimum atomic E-state index is -3.74. The van der Waals surface area contributed by atoms with Crippen molar-refractivity contribution in [3.05, 3.63) is 64.0 Å². The van der Waals surface area contributed by atoms with Gasteiger partial charge in [-0.3, -0.25) is 18.3 Å². The Kier molecular flexibility index (Phi) is 8.94. The highest BCUT2D eigenvalue weighted by molar-refractivity contribution is 7.92. The van der Waals surface area contributed by atoms with Crippen LogP contribution in [0.4, 0.5) is 15.8 Å². The predicted molar refractivity (Wildman–Crippen MR) is 152 cm³/mol. The lowest BCUT2D eigenvalue weighted by Gasteiger charge is -2.34. The number of nitrogens with one attached hydrogen (secondary N) is 1. The Bertz CT molecular complexity index is 1540. The molecule has 1 aliphatic heterocycles. The normalized spacial score (nSPS) is 14.4. The van der Waals surface area contributed by atoms with Crippen LogP contribution in [-0.4, -0.2) is 81.7 Å². The molecule has 11 nitrogen and oxygen atoms in total. The van der Waals surface area contributed by atoms with Gasteiger partial charge in [0, 0.05) is 46.0 Å². The van der Waals surface area contributed by atoms with Crippen molar-refractivity contribution in [2.24, 2.45) is 0 Å². The number of benzene rings is 1. The number of hydrogen-bond acceptors (Lipinski definition) is 8. The molecule has 216 valence electrons. The van der Waals surface area contributed by atoms with Crippen molar-refractivity contribution < 1.29 is 22.3 Å². The average Bonchev–Trinajstić information content (AvgIpc) is 2.92. The number of halogens is 1. The molecule has 3 heterocycles. The second-order valence-corrected chi connectivity index (χ2v) is 11.9. The van der Waals surface area contributed by atoms with Crippen LogP contribution in [-0.2, 0) is 16.6 Å². The lowest BCUT2D eigenvalue weighted by atomic mass is 10.2. The Hall–Kier alpha value is -3.71. The van der Waals surface area contributed by atoms with Gasteiger partial charge in [-0.15, -0.1) is 0 Å². The number of pyridine rings is 1. The quantitative estimate of drug-likeness (QED) is 0.366. The van der Waals surface area contributed by atoms with Crippen molar-refractivity contribution in [1.82, 2.24) is 19.6 Å². The van der Waals surface area contributed by atoms with Gasteiger partial charge in [0.2, 0.25) is 15.8 Å². The molecular formula is C27H35FN6O5S. The molecule has 1 aromatic carbocycles. The SMILES string of the molecule is CCCCOc1c(C(=O)NCc2ccc(F)cc2)nc2c(N(C)S(C)(=O)=O)cc(N3CCN(C)CC3)cn2c1=O. The molecule has 0 radical (unpaired) electrons. The summed E-state index contributed by atoms with van der Waals surface area (Å²) in [5.41, 5.74) is 0.596. The first-order valence-electron chi connectivity index (χ1n) is 13.1. The molecule has 0 bridgehead atoms. The summed E-state index contributed by atoms with van der Waals surface area (Å²) in [6.45, 7) is 5.23. The van der Waals surface area contributed by atoms with Crippen LogP contribution in [0.3, 0.4) is 0 Å². The van der Waals surface area contributed by atoms with E-state index in [2.05, 4.69) is 20.1 Å². The van der Waals surface area contributed by atoms with Crippen molar-refractivity contribution in [2.45, 2.75) is 26.3 Å². The van der Waals surface area contributed by atoms with E-state index >= 15 is 0 Å². The van der Waals surface area contributed by atoms with E-state index in [0.717, 1.165) is 30.1 Å². The fourth-order valence-electron chi connectivity index (χ4n) is 4.31. The highest BCUT2D eigenvalue weighted by Gasteiger charge is 2.26. The molecule has 1 aliphatic rings. The summed E-state index contributed by atoms with van der Waals surface area (Å²) in [7, 11) is -0.333. The van der Waals surface area contributed by atoms with E-state index in [1.165, 1.54) is 35.7 Å². The Labute approximate surface area is 233 Å². The first-order valence-corrected chi connectivity index (χ1v) is 15.0. The minimum Gasteiger partial charge on any atom is -0.486 e. The zero-order valence-corrected chi connectivity index (χ0v) is 24.0. The van der Waals surface area contributed by atoms with Gasteiger partial charge in [0.15, 0.2) is 11.3 Å². The molecule has 13 heteroatoms. The van der Waals surface area contributed by atoms with E-state index in [1.54, 1.807) is 12.3 Å². The maximum atomic E-state index is 13.9. The van der Waals surface area contributed by atoms with Crippen LogP contribution in [0, 0.1) is 5.82 Å². The number of hydrogen-bond donors (Lipinski definition) is 1. The second-order valence-electron chi connectivity index (χ2n) is 9.90. The number of amides is 1. The third kappa shape index (κ3) is 6.53. The van der Waals surface area contributed by atoms with Gasteiger partial charge < -0.3 is 19.9 Å². The van der Waals surface area contributed by atoms with Gasteiger partial charge in [0.05, 0.1) is 24.2 Å². The number of carbonyl (C=O) groups is 1. The third-order valence-electron chi connectivity index (χ3n) is 6.88. The molecule has 3 aromatic rings.